The van der Waals surface area contributed by atoms with Gasteiger partial charge in [-0.1, -0.05) is 38.5 Å². The molecule has 0 aliphatic heterocycles. The number of phenols is 1. The van der Waals surface area contributed by atoms with Gasteiger partial charge in [0.05, 0.1) is 18.2 Å². The number of aromatic amines is 1. The van der Waals surface area contributed by atoms with E-state index in [1.807, 2.05) is 13.8 Å². The first-order valence-corrected chi connectivity index (χ1v) is 12.9. The van der Waals surface area contributed by atoms with Crippen LogP contribution in [-0.2, 0) is 35.2 Å². The molecule has 8 nitrogen and oxygen atoms in total. The number of phenolic OH excluding ortho intramolecular Hbond substituents is 1. The molecular weight excluding hydrogens is 513 g/mol. The Morgan fingerprint density at radius 3 is 2.67 bits per heavy atom. The maximum Gasteiger partial charge on any atom is 0.418 e. The highest BCUT2D eigenvalue weighted by atomic mass is 19.4. The molecule has 2 aromatic carbocycles. The van der Waals surface area contributed by atoms with Crippen molar-refractivity contribution in [1.29, 1.82) is 0 Å². The maximum absolute atomic E-state index is 13.5. The molecule has 0 bridgehead atoms. The number of hydrogen-bond acceptors (Lipinski definition) is 5. The highest BCUT2D eigenvalue weighted by molar-refractivity contribution is 5.91. The number of hydrazine groups is 1. The molecule has 0 saturated heterocycles. The number of carbonyl (C=O) groups excluding carboxylic acids is 2. The molecule has 0 radical (unpaired) electrons. The molecule has 1 heterocycles. The largest absolute Gasteiger partial charge is 0.504 e. The molecule has 3 aromatic rings. The summed E-state index contributed by atoms with van der Waals surface area (Å²) in [5.41, 5.74) is 6.93. The first-order valence-electron chi connectivity index (χ1n) is 12.9. The lowest BCUT2D eigenvalue weighted by atomic mass is 9.85. The molecule has 0 fully saturated rings. The van der Waals surface area contributed by atoms with Crippen molar-refractivity contribution in [2.45, 2.75) is 58.3 Å². The molecule has 0 spiro atoms. The molecule has 1 aliphatic carbocycles. The van der Waals surface area contributed by atoms with Crippen LogP contribution in [0.3, 0.4) is 0 Å². The standard InChI is InChI=1S/C28H33F3N4O4/c1-4-15(2)24(27(38)35-32-14-16-8-11-23(39-3)22(36)12-16)34-26(37)17-9-10-21-19(13-17)18-6-5-7-20(25(18)33-21)28(29,30)31/h5-8,11-12,15,17,24,32-33,36H,4,9-10,13-14H2,1-3H3,(H,34,37)(H,35,38)/t15?,17?,24-/m0/s1. The van der Waals surface area contributed by atoms with Crippen LogP contribution in [0.1, 0.15) is 49.1 Å². The summed E-state index contributed by atoms with van der Waals surface area (Å²) in [7, 11) is 1.45. The predicted molar refractivity (Wildman–Crippen MR) is 140 cm³/mol. The number of benzene rings is 2. The molecule has 39 heavy (non-hydrogen) atoms. The van der Waals surface area contributed by atoms with E-state index in [4.69, 9.17) is 4.74 Å². The van der Waals surface area contributed by atoms with Gasteiger partial charge in [0.1, 0.15) is 6.04 Å². The normalized spacial score (nSPS) is 16.8. The van der Waals surface area contributed by atoms with Crippen LogP contribution in [0.5, 0.6) is 11.5 Å². The van der Waals surface area contributed by atoms with E-state index in [1.54, 1.807) is 18.2 Å². The number of alkyl halides is 3. The van der Waals surface area contributed by atoms with Gasteiger partial charge in [0.25, 0.3) is 5.91 Å². The van der Waals surface area contributed by atoms with Crippen LogP contribution >= 0.6 is 0 Å². The Morgan fingerprint density at radius 2 is 2.00 bits per heavy atom. The number of aryl methyl sites for hydroxylation is 1. The summed E-state index contributed by atoms with van der Waals surface area (Å²) in [6, 6.07) is 8.15. The van der Waals surface area contributed by atoms with Gasteiger partial charge in [-0.15, -0.1) is 0 Å². The molecule has 0 saturated carbocycles. The SMILES string of the molecule is CCC(C)[C@H](NC(=O)C1CCc2[nH]c3c(C(F)(F)F)cccc3c2C1)C(=O)NNCc1ccc(OC)c(O)c1. The molecule has 2 amide bonds. The number of hydrogen-bond donors (Lipinski definition) is 5. The number of halogens is 3. The monoisotopic (exact) mass is 546 g/mol. The van der Waals surface area contributed by atoms with Gasteiger partial charge in [-0.2, -0.15) is 13.2 Å². The average Bonchev–Trinajstić information content (AvgIpc) is 3.28. The second-order valence-electron chi connectivity index (χ2n) is 9.97. The fraction of sp³-hybridized carbons (Fsp3) is 0.429. The van der Waals surface area contributed by atoms with Crippen LogP contribution in [0.4, 0.5) is 13.2 Å². The lowest BCUT2D eigenvalue weighted by Crippen LogP contribution is -2.54. The summed E-state index contributed by atoms with van der Waals surface area (Å²) in [5.74, 6) is -1.03. The number of fused-ring (bicyclic) bond motifs is 3. The first-order chi connectivity index (χ1) is 18.5. The molecule has 4 rings (SSSR count). The van der Waals surface area contributed by atoms with Gasteiger partial charge in [-0.05, 0) is 54.5 Å². The molecular formula is C28H33F3N4O4. The van der Waals surface area contributed by atoms with E-state index >= 15 is 0 Å². The van der Waals surface area contributed by atoms with Gasteiger partial charge in [0.2, 0.25) is 5.91 Å². The number of para-hydroxylation sites is 1. The number of amides is 2. The topological polar surface area (TPSA) is 115 Å². The van der Waals surface area contributed by atoms with Crippen LogP contribution < -0.4 is 20.9 Å². The van der Waals surface area contributed by atoms with Gasteiger partial charge in [-0.25, -0.2) is 5.43 Å². The number of methoxy groups -OCH3 is 1. The lowest BCUT2D eigenvalue weighted by molar-refractivity contribution is -0.136. The van der Waals surface area contributed by atoms with Crippen molar-refractivity contribution in [3.05, 3.63) is 58.8 Å². The van der Waals surface area contributed by atoms with Crippen molar-refractivity contribution >= 4 is 22.7 Å². The average molecular weight is 547 g/mol. The fourth-order valence-electron chi connectivity index (χ4n) is 5.03. The highest BCUT2D eigenvalue weighted by Gasteiger charge is 2.36. The Kier molecular flexibility index (Phi) is 8.39. The smallest absolute Gasteiger partial charge is 0.418 e. The van der Waals surface area contributed by atoms with Gasteiger partial charge in [0, 0.05) is 23.5 Å². The Hall–Kier alpha value is -3.73. The first kappa shape index (κ1) is 28.3. The number of aromatic nitrogens is 1. The van der Waals surface area contributed by atoms with E-state index in [0.29, 0.717) is 36.0 Å². The third-order valence-corrected chi connectivity index (χ3v) is 7.44. The van der Waals surface area contributed by atoms with Gasteiger partial charge < -0.3 is 20.1 Å². The van der Waals surface area contributed by atoms with Crippen LogP contribution in [0, 0.1) is 11.8 Å². The summed E-state index contributed by atoms with van der Waals surface area (Å²) in [4.78, 5) is 29.2. The number of nitrogens with one attached hydrogen (secondary N) is 4. The van der Waals surface area contributed by atoms with Crippen molar-refractivity contribution in [2.24, 2.45) is 11.8 Å². The Labute approximate surface area is 224 Å². The van der Waals surface area contributed by atoms with Crippen LogP contribution in [0.2, 0.25) is 0 Å². The molecule has 5 N–H and O–H groups in total. The minimum atomic E-state index is -4.48. The lowest BCUT2D eigenvalue weighted by Gasteiger charge is -2.28. The Morgan fingerprint density at radius 1 is 1.23 bits per heavy atom. The summed E-state index contributed by atoms with van der Waals surface area (Å²) >= 11 is 0. The number of carbonyl (C=O) groups is 2. The van der Waals surface area contributed by atoms with E-state index in [2.05, 4.69) is 21.2 Å². The maximum atomic E-state index is 13.5. The summed E-state index contributed by atoms with van der Waals surface area (Å²) in [6.45, 7) is 4.02. The quantitative estimate of drug-likeness (QED) is 0.256. The zero-order valence-electron chi connectivity index (χ0n) is 22.0. The third-order valence-electron chi connectivity index (χ3n) is 7.44. The van der Waals surface area contributed by atoms with E-state index in [1.165, 1.54) is 19.2 Å². The second kappa shape index (κ2) is 11.6. The van der Waals surface area contributed by atoms with Gasteiger partial charge >= 0.3 is 6.18 Å². The van der Waals surface area contributed by atoms with Crippen molar-refractivity contribution in [2.75, 3.05) is 7.11 Å². The van der Waals surface area contributed by atoms with Gasteiger partial charge in [0.15, 0.2) is 11.5 Å². The van der Waals surface area contributed by atoms with E-state index < -0.39 is 29.6 Å². The highest BCUT2D eigenvalue weighted by Crippen LogP contribution is 2.39. The molecule has 3 atom stereocenters. The van der Waals surface area contributed by atoms with Crippen LogP contribution in [-0.4, -0.2) is 35.1 Å². The van der Waals surface area contributed by atoms with Crippen LogP contribution in [0.15, 0.2) is 36.4 Å². The number of rotatable bonds is 9. The zero-order chi connectivity index (χ0) is 28.3. The van der Waals surface area contributed by atoms with E-state index in [9.17, 15) is 27.9 Å². The number of ether oxygens (including phenoxy) is 1. The van der Waals surface area contributed by atoms with Gasteiger partial charge in [-0.3, -0.25) is 15.0 Å². The third kappa shape index (κ3) is 6.13. The minimum absolute atomic E-state index is 0.0201. The molecule has 210 valence electrons. The van der Waals surface area contributed by atoms with Crippen LogP contribution in [0.25, 0.3) is 10.9 Å². The second-order valence-corrected chi connectivity index (χ2v) is 9.97. The fourth-order valence-corrected chi connectivity index (χ4v) is 5.03. The zero-order valence-corrected chi connectivity index (χ0v) is 22.0. The van der Waals surface area contributed by atoms with Crippen molar-refractivity contribution in [3.8, 4) is 11.5 Å². The Bertz CT molecular complexity index is 1350. The van der Waals surface area contributed by atoms with Crippen molar-refractivity contribution < 1.29 is 32.6 Å². The predicted octanol–water partition coefficient (Wildman–Crippen LogP) is 4.36. The summed E-state index contributed by atoms with van der Waals surface area (Å²) in [5, 5.41) is 13.3. The molecule has 2 unspecified atom stereocenters. The molecule has 1 aliphatic rings. The number of aromatic hydroxyl groups is 1. The van der Waals surface area contributed by atoms with Crippen molar-refractivity contribution in [1.82, 2.24) is 21.2 Å². The number of H-pyrrole nitrogens is 1. The molecule has 11 heteroatoms. The summed E-state index contributed by atoms with van der Waals surface area (Å²) < 4.78 is 45.5. The Balaban J connectivity index is 1.42. The minimum Gasteiger partial charge on any atom is -0.504 e. The van der Waals surface area contributed by atoms with Crippen molar-refractivity contribution in [3.63, 3.8) is 0 Å². The summed E-state index contributed by atoms with van der Waals surface area (Å²) in [6.07, 6.45) is -2.65. The van der Waals surface area contributed by atoms with E-state index in [0.717, 1.165) is 17.3 Å². The molecule has 1 aromatic heterocycles. The van der Waals surface area contributed by atoms with E-state index in [-0.39, 0.29) is 36.1 Å².